The number of rotatable bonds is 10. The number of hydrogen-bond acceptors (Lipinski definition) is 9. The maximum Gasteiger partial charge on any atom is 0.342 e. The Morgan fingerprint density at radius 1 is 1.16 bits per heavy atom. The number of carboxylic acid groups (broad SMARTS) is 1. The second-order valence-corrected chi connectivity index (χ2v) is 9.11. The number of nitro benzene ring substituents is 1. The van der Waals surface area contributed by atoms with Crippen molar-refractivity contribution in [3.05, 3.63) is 74.3 Å². The van der Waals surface area contributed by atoms with Crippen molar-refractivity contribution in [3.8, 4) is 34.2 Å². The minimum Gasteiger partial charge on any atom is -0.497 e. The molecule has 0 unspecified atom stereocenters. The van der Waals surface area contributed by atoms with Crippen LogP contribution in [0.4, 0.5) is 5.69 Å². The van der Waals surface area contributed by atoms with Gasteiger partial charge in [0.25, 0.3) is 5.69 Å². The molecule has 196 valence electrons. The van der Waals surface area contributed by atoms with Gasteiger partial charge in [-0.3, -0.25) is 10.1 Å². The van der Waals surface area contributed by atoms with Crippen LogP contribution in [0, 0.1) is 10.1 Å². The summed E-state index contributed by atoms with van der Waals surface area (Å²) >= 11 is 7.11. The lowest BCUT2D eigenvalue weighted by atomic mass is 10.1. The van der Waals surface area contributed by atoms with Gasteiger partial charge in [-0.25, -0.2) is 4.79 Å². The normalized spacial score (nSPS) is 11.4. The standard InChI is InChI=1S/C25H21ClN4O7S/c1-4-29-23(14-9-17(35-2)12-18(10-14)36-3)27-28-25(29)38-22(24(31)32)13-16-6-8-21(37-16)19-11-15(30(33)34)5-7-20(19)26/h5-13H,4H2,1-3H3,(H,31,32)/b22-13-. The Hall–Kier alpha value is -4.29. The van der Waals surface area contributed by atoms with Gasteiger partial charge in [-0.05, 0) is 49.0 Å². The van der Waals surface area contributed by atoms with E-state index in [9.17, 15) is 20.0 Å². The first-order valence-corrected chi connectivity index (χ1v) is 12.3. The molecule has 1 N–H and O–H groups in total. The van der Waals surface area contributed by atoms with E-state index in [-0.39, 0.29) is 27.1 Å². The van der Waals surface area contributed by atoms with Gasteiger partial charge in [0.05, 0.1) is 24.2 Å². The molecule has 0 saturated carbocycles. The van der Waals surface area contributed by atoms with E-state index in [1.165, 1.54) is 24.3 Å². The minimum absolute atomic E-state index is 0.0760. The first kappa shape index (κ1) is 26.8. The van der Waals surface area contributed by atoms with E-state index in [0.717, 1.165) is 11.8 Å². The Kier molecular flexibility index (Phi) is 8.03. The van der Waals surface area contributed by atoms with Crippen molar-refractivity contribution in [1.82, 2.24) is 14.8 Å². The van der Waals surface area contributed by atoms with Gasteiger partial charge < -0.3 is 23.6 Å². The molecule has 2 heterocycles. The third-order valence-corrected chi connectivity index (χ3v) is 6.71. The van der Waals surface area contributed by atoms with Crippen LogP contribution in [0.2, 0.25) is 5.02 Å². The summed E-state index contributed by atoms with van der Waals surface area (Å²) in [6.07, 6.45) is 1.34. The molecule has 0 spiro atoms. The van der Waals surface area contributed by atoms with Crippen molar-refractivity contribution >= 4 is 41.1 Å². The number of carboxylic acids is 1. The lowest BCUT2D eigenvalue weighted by molar-refractivity contribution is -0.384. The zero-order valence-electron chi connectivity index (χ0n) is 20.4. The van der Waals surface area contributed by atoms with Gasteiger partial charge in [0.15, 0.2) is 11.0 Å². The third kappa shape index (κ3) is 5.66. The van der Waals surface area contributed by atoms with E-state index in [4.69, 9.17) is 25.5 Å². The molecular weight excluding hydrogens is 536 g/mol. The van der Waals surface area contributed by atoms with E-state index in [2.05, 4.69) is 10.2 Å². The van der Waals surface area contributed by atoms with Crippen LogP contribution in [0.15, 0.2) is 63.0 Å². The summed E-state index contributed by atoms with van der Waals surface area (Å²) in [4.78, 5) is 22.6. The third-order valence-electron chi connectivity index (χ3n) is 5.38. The predicted octanol–water partition coefficient (Wildman–Crippen LogP) is 6.02. The molecule has 0 saturated heterocycles. The summed E-state index contributed by atoms with van der Waals surface area (Å²) in [7, 11) is 3.09. The Labute approximate surface area is 225 Å². The summed E-state index contributed by atoms with van der Waals surface area (Å²) < 4.78 is 18.2. The fourth-order valence-electron chi connectivity index (χ4n) is 3.55. The van der Waals surface area contributed by atoms with E-state index < -0.39 is 10.9 Å². The monoisotopic (exact) mass is 556 g/mol. The van der Waals surface area contributed by atoms with Crippen LogP contribution in [0.3, 0.4) is 0 Å². The first-order chi connectivity index (χ1) is 18.2. The number of halogens is 1. The highest BCUT2D eigenvalue weighted by atomic mass is 35.5. The van der Waals surface area contributed by atoms with Gasteiger partial charge in [-0.1, -0.05) is 11.6 Å². The van der Waals surface area contributed by atoms with Crippen LogP contribution in [0.25, 0.3) is 28.8 Å². The molecule has 0 bridgehead atoms. The number of nitrogens with zero attached hydrogens (tertiary/aromatic N) is 4. The van der Waals surface area contributed by atoms with Crippen molar-refractivity contribution in [1.29, 1.82) is 0 Å². The molecule has 0 amide bonds. The van der Waals surface area contributed by atoms with Gasteiger partial charge in [-0.2, -0.15) is 0 Å². The molecule has 2 aromatic carbocycles. The van der Waals surface area contributed by atoms with Crippen molar-refractivity contribution in [2.24, 2.45) is 0 Å². The number of aliphatic carboxylic acids is 1. The number of benzene rings is 2. The number of hydrogen-bond donors (Lipinski definition) is 1. The average molecular weight is 557 g/mol. The summed E-state index contributed by atoms with van der Waals surface area (Å²) in [5.74, 6) is 0.929. The molecule has 0 radical (unpaired) electrons. The van der Waals surface area contributed by atoms with Crippen molar-refractivity contribution in [2.45, 2.75) is 18.6 Å². The molecule has 0 fully saturated rings. The number of non-ortho nitro benzene ring substituents is 1. The number of thioether (sulfide) groups is 1. The fraction of sp³-hybridized carbons (Fsp3) is 0.160. The molecule has 0 atom stereocenters. The van der Waals surface area contributed by atoms with Gasteiger partial charge >= 0.3 is 5.97 Å². The summed E-state index contributed by atoms with van der Waals surface area (Å²) in [5, 5.41) is 30.1. The highest BCUT2D eigenvalue weighted by Gasteiger charge is 2.20. The maximum atomic E-state index is 12.1. The number of ether oxygens (including phenoxy) is 2. The molecule has 13 heteroatoms. The SMILES string of the molecule is CCn1c(S/C(=C\c2ccc(-c3cc([N+](=O)[O-])ccc3Cl)o2)C(=O)O)nnc1-c1cc(OC)cc(OC)c1. The van der Waals surface area contributed by atoms with Crippen LogP contribution in [0.5, 0.6) is 11.5 Å². The highest BCUT2D eigenvalue weighted by Crippen LogP contribution is 2.36. The number of furan rings is 1. The number of methoxy groups -OCH3 is 2. The lowest BCUT2D eigenvalue weighted by Crippen LogP contribution is -2.03. The summed E-state index contributed by atoms with van der Waals surface area (Å²) in [5.41, 5.74) is 0.852. The minimum atomic E-state index is -1.20. The zero-order chi connectivity index (χ0) is 27.4. The molecule has 4 rings (SSSR count). The Morgan fingerprint density at radius 2 is 1.87 bits per heavy atom. The number of aromatic nitrogens is 3. The average Bonchev–Trinajstić information content (AvgIpc) is 3.54. The quantitative estimate of drug-likeness (QED) is 0.106. The topological polar surface area (TPSA) is 143 Å². The fourth-order valence-corrected chi connectivity index (χ4v) is 4.63. The Morgan fingerprint density at radius 3 is 2.47 bits per heavy atom. The molecule has 4 aromatic rings. The summed E-state index contributed by atoms with van der Waals surface area (Å²) in [6.45, 7) is 2.35. The Balaban J connectivity index is 1.67. The number of carbonyl (C=O) groups is 1. The highest BCUT2D eigenvalue weighted by molar-refractivity contribution is 8.04. The molecule has 38 heavy (non-hydrogen) atoms. The van der Waals surface area contributed by atoms with E-state index in [0.29, 0.717) is 40.2 Å². The van der Waals surface area contributed by atoms with Crippen LogP contribution < -0.4 is 9.47 Å². The second kappa shape index (κ2) is 11.4. The van der Waals surface area contributed by atoms with Crippen LogP contribution >= 0.6 is 23.4 Å². The van der Waals surface area contributed by atoms with Crippen LogP contribution in [-0.4, -0.2) is 45.0 Å². The summed E-state index contributed by atoms with van der Waals surface area (Å²) in [6, 6.07) is 12.4. The van der Waals surface area contributed by atoms with E-state index in [1.54, 1.807) is 49.1 Å². The largest absolute Gasteiger partial charge is 0.497 e. The first-order valence-electron chi connectivity index (χ1n) is 11.1. The molecule has 0 aliphatic heterocycles. The van der Waals surface area contributed by atoms with Crippen LogP contribution in [0.1, 0.15) is 12.7 Å². The molecular formula is C25H21ClN4O7S. The molecule has 0 aliphatic carbocycles. The molecule has 0 aliphatic rings. The van der Waals surface area contributed by atoms with Gasteiger partial charge in [0, 0.05) is 41.9 Å². The van der Waals surface area contributed by atoms with E-state index >= 15 is 0 Å². The Bertz CT molecular complexity index is 1520. The molecule has 11 nitrogen and oxygen atoms in total. The smallest absolute Gasteiger partial charge is 0.342 e. The van der Waals surface area contributed by atoms with Gasteiger partial charge in [0.1, 0.15) is 27.9 Å². The van der Waals surface area contributed by atoms with E-state index in [1.807, 2.05) is 6.92 Å². The van der Waals surface area contributed by atoms with Crippen LogP contribution in [-0.2, 0) is 11.3 Å². The van der Waals surface area contributed by atoms with Gasteiger partial charge in [-0.15, -0.1) is 10.2 Å². The van der Waals surface area contributed by atoms with Gasteiger partial charge in [0.2, 0.25) is 0 Å². The lowest BCUT2D eigenvalue weighted by Gasteiger charge is -2.10. The number of nitro groups is 1. The maximum absolute atomic E-state index is 12.1. The second-order valence-electron chi connectivity index (χ2n) is 7.69. The van der Waals surface area contributed by atoms with Crippen molar-refractivity contribution in [3.63, 3.8) is 0 Å². The van der Waals surface area contributed by atoms with Crippen molar-refractivity contribution < 1.29 is 28.7 Å². The molecule has 2 aromatic heterocycles. The van der Waals surface area contributed by atoms with Crippen molar-refractivity contribution in [2.75, 3.05) is 14.2 Å². The zero-order valence-corrected chi connectivity index (χ0v) is 21.9. The predicted molar refractivity (Wildman–Crippen MR) is 142 cm³/mol.